The van der Waals surface area contributed by atoms with E-state index < -0.39 is 18.4 Å². The van der Waals surface area contributed by atoms with Gasteiger partial charge >= 0.3 is 0 Å². The highest BCUT2D eigenvalue weighted by Crippen LogP contribution is 2.31. The van der Waals surface area contributed by atoms with Crippen LogP contribution >= 0.6 is 0 Å². The molecular formula is C10H13N5O4. The molecule has 1 saturated heterocycles. The van der Waals surface area contributed by atoms with E-state index in [2.05, 4.69) is 15.0 Å². The molecule has 0 bridgehead atoms. The summed E-state index contributed by atoms with van der Waals surface area (Å²) in [6.07, 6.45) is 1.32. The Labute approximate surface area is 107 Å². The second-order valence-corrected chi connectivity index (χ2v) is 4.27. The third-order valence-corrected chi connectivity index (χ3v) is 3.16. The number of nitrogens with one attached hydrogen (secondary N) is 1. The molecule has 9 heteroatoms. The van der Waals surface area contributed by atoms with E-state index in [-0.39, 0.29) is 12.4 Å². The standard InChI is InChI=1S/C10H13N5O4/c16-2-6-5(17)1-7(19-6)15-4-13-8-9(14-18)11-3-12-10(8)15/h3-7,16-18H,1-2H2,(H,11,12,14)/t5-,6-,7-/m0/s1. The number of hydrogen-bond acceptors (Lipinski definition) is 8. The molecule has 102 valence electrons. The van der Waals surface area contributed by atoms with Gasteiger partial charge in [-0.2, -0.15) is 0 Å². The summed E-state index contributed by atoms with van der Waals surface area (Å²) < 4.78 is 7.16. The Morgan fingerprint density at radius 1 is 1.42 bits per heavy atom. The number of hydrogen-bond donors (Lipinski definition) is 4. The lowest BCUT2D eigenvalue weighted by Crippen LogP contribution is -2.24. The minimum Gasteiger partial charge on any atom is -0.394 e. The van der Waals surface area contributed by atoms with Gasteiger partial charge in [0.2, 0.25) is 0 Å². The minimum absolute atomic E-state index is 0.195. The number of rotatable bonds is 3. The summed E-state index contributed by atoms with van der Waals surface area (Å²) in [7, 11) is 0. The molecular weight excluding hydrogens is 254 g/mol. The average molecular weight is 267 g/mol. The van der Waals surface area contributed by atoms with Crippen LogP contribution in [0.15, 0.2) is 12.7 Å². The van der Waals surface area contributed by atoms with Gasteiger partial charge in [0.1, 0.15) is 18.7 Å². The van der Waals surface area contributed by atoms with Crippen molar-refractivity contribution in [3.63, 3.8) is 0 Å². The van der Waals surface area contributed by atoms with E-state index in [4.69, 9.17) is 15.1 Å². The third-order valence-electron chi connectivity index (χ3n) is 3.16. The summed E-state index contributed by atoms with van der Waals surface area (Å²) >= 11 is 0. The van der Waals surface area contributed by atoms with Crippen LogP contribution in [0.4, 0.5) is 5.82 Å². The number of nitrogens with zero attached hydrogens (tertiary/aromatic N) is 4. The van der Waals surface area contributed by atoms with Crippen LogP contribution < -0.4 is 5.48 Å². The van der Waals surface area contributed by atoms with E-state index in [0.29, 0.717) is 17.6 Å². The van der Waals surface area contributed by atoms with Crippen LogP contribution in [-0.4, -0.2) is 53.8 Å². The fourth-order valence-electron chi connectivity index (χ4n) is 2.19. The van der Waals surface area contributed by atoms with E-state index in [1.807, 2.05) is 5.48 Å². The number of ether oxygens (including phenoxy) is 1. The first-order valence-electron chi connectivity index (χ1n) is 5.76. The van der Waals surface area contributed by atoms with Crippen molar-refractivity contribution < 1.29 is 20.2 Å². The Hall–Kier alpha value is -1.81. The largest absolute Gasteiger partial charge is 0.394 e. The highest BCUT2D eigenvalue weighted by atomic mass is 16.5. The Kier molecular flexibility index (Phi) is 3.03. The van der Waals surface area contributed by atoms with Crippen molar-refractivity contribution in [1.29, 1.82) is 0 Å². The smallest absolute Gasteiger partial charge is 0.181 e. The molecule has 0 amide bonds. The van der Waals surface area contributed by atoms with E-state index in [9.17, 15) is 5.11 Å². The molecule has 0 radical (unpaired) electrons. The Balaban J connectivity index is 1.98. The van der Waals surface area contributed by atoms with Crippen LogP contribution in [0, 0.1) is 0 Å². The summed E-state index contributed by atoms with van der Waals surface area (Å²) in [6, 6.07) is 0. The molecule has 19 heavy (non-hydrogen) atoms. The van der Waals surface area contributed by atoms with Gasteiger partial charge in [0.05, 0.1) is 19.0 Å². The maximum Gasteiger partial charge on any atom is 0.181 e. The quantitative estimate of drug-likeness (QED) is 0.536. The van der Waals surface area contributed by atoms with Crippen LogP contribution in [0.1, 0.15) is 12.6 Å². The SMILES string of the molecule is OC[C@@H]1O[C@H](n2cnc3c(NO)ncnc32)C[C@@H]1O. The summed E-state index contributed by atoms with van der Waals surface area (Å²) in [6.45, 7) is -0.247. The van der Waals surface area contributed by atoms with Gasteiger partial charge in [0.25, 0.3) is 0 Å². The Morgan fingerprint density at radius 3 is 2.95 bits per heavy atom. The molecule has 1 fully saturated rings. The molecule has 1 aliphatic rings. The van der Waals surface area contributed by atoms with Crippen molar-refractivity contribution >= 4 is 17.0 Å². The van der Waals surface area contributed by atoms with Crippen LogP contribution in [0.5, 0.6) is 0 Å². The van der Waals surface area contributed by atoms with E-state index in [0.717, 1.165) is 0 Å². The monoisotopic (exact) mass is 267 g/mol. The summed E-state index contributed by atoms with van der Waals surface area (Å²) in [5.41, 5.74) is 2.82. The van der Waals surface area contributed by atoms with E-state index in [1.165, 1.54) is 12.7 Å². The molecule has 2 aromatic rings. The second-order valence-electron chi connectivity index (χ2n) is 4.27. The first kappa shape index (κ1) is 12.2. The number of imidazole rings is 1. The maximum absolute atomic E-state index is 9.73. The first-order valence-corrected chi connectivity index (χ1v) is 5.76. The fourth-order valence-corrected chi connectivity index (χ4v) is 2.19. The predicted molar refractivity (Wildman–Crippen MR) is 62.4 cm³/mol. The van der Waals surface area contributed by atoms with Gasteiger partial charge < -0.3 is 14.9 Å². The highest BCUT2D eigenvalue weighted by molar-refractivity contribution is 5.82. The molecule has 4 N–H and O–H groups in total. The van der Waals surface area contributed by atoms with E-state index in [1.54, 1.807) is 4.57 Å². The van der Waals surface area contributed by atoms with Crippen LogP contribution in [0.3, 0.4) is 0 Å². The molecule has 3 rings (SSSR count). The van der Waals surface area contributed by atoms with Crippen molar-refractivity contribution in [2.75, 3.05) is 12.1 Å². The zero-order valence-electron chi connectivity index (χ0n) is 9.84. The van der Waals surface area contributed by atoms with Crippen molar-refractivity contribution in [2.24, 2.45) is 0 Å². The van der Waals surface area contributed by atoms with Crippen molar-refractivity contribution in [2.45, 2.75) is 24.9 Å². The third kappa shape index (κ3) is 1.92. The summed E-state index contributed by atoms with van der Waals surface area (Å²) in [5, 5.41) is 27.7. The first-order chi connectivity index (χ1) is 9.24. The zero-order chi connectivity index (χ0) is 13.4. The topological polar surface area (TPSA) is 126 Å². The molecule has 0 aliphatic carbocycles. The molecule has 9 nitrogen and oxygen atoms in total. The molecule has 0 unspecified atom stereocenters. The average Bonchev–Trinajstić information content (AvgIpc) is 3.01. The van der Waals surface area contributed by atoms with Gasteiger partial charge in [-0.25, -0.2) is 15.0 Å². The molecule has 3 heterocycles. The lowest BCUT2D eigenvalue weighted by atomic mass is 10.2. The number of aliphatic hydroxyl groups excluding tert-OH is 2. The van der Waals surface area contributed by atoms with Crippen LogP contribution in [-0.2, 0) is 4.74 Å². The molecule has 2 aromatic heterocycles. The van der Waals surface area contributed by atoms with Crippen molar-refractivity contribution in [1.82, 2.24) is 19.5 Å². The number of anilines is 1. The minimum atomic E-state index is -0.732. The number of fused-ring (bicyclic) bond motifs is 1. The molecule has 0 spiro atoms. The second kappa shape index (κ2) is 4.70. The van der Waals surface area contributed by atoms with Crippen LogP contribution in [0.25, 0.3) is 11.2 Å². The predicted octanol–water partition coefficient (Wildman–Crippen LogP) is -0.732. The zero-order valence-corrected chi connectivity index (χ0v) is 9.84. The Bertz CT molecular complexity index is 588. The van der Waals surface area contributed by atoms with Gasteiger partial charge in [0, 0.05) is 6.42 Å². The van der Waals surface area contributed by atoms with Crippen LogP contribution in [0.2, 0.25) is 0 Å². The molecule has 0 aromatic carbocycles. The lowest BCUT2D eigenvalue weighted by molar-refractivity contribution is -0.0432. The van der Waals surface area contributed by atoms with Gasteiger partial charge in [-0.3, -0.25) is 15.3 Å². The van der Waals surface area contributed by atoms with Crippen molar-refractivity contribution in [3.05, 3.63) is 12.7 Å². The van der Waals surface area contributed by atoms with Gasteiger partial charge in [-0.05, 0) is 0 Å². The summed E-state index contributed by atoms with van der Waals surface area (Å²) in [4.78, 5) is 12.0. The number of aliphatic hydroxyl groups is 2. The van der Waals surface area contributed by atoms with Gasteiger partial charge in [-0.15, -0.1) is 0 Å². The normalized spacial score (nSPS) is 27.0. The highest BCUT2D eigenvalue weighted by Gasteiger charge is 2.35. The lowest BCUT2D eigenvalue weighted by Gasteiger charge is -2.13. The molecule has 1 aliphatic heterocycles. The number of aromatic nitrogens is 4. The maximum atomic E-state index is 9.73. The molecule has 0 saturated carbocycles. The summed E-state index contributed by atoms with van der Waals surface area (Å²) in [5.74, 6) is 0.195. The fraction of sp³-hybridized carbons (Fsp3) is 0.500. The Morgan fingerprint density at radius 2 is 2.26 bits per heavy atom. The van der Waals surface area contributed by atoms with Gasteiger partial charge in [-0.1, -0.05) is 0 Å². The molecule has 3 atom stereocenters. The van der Waals surface area contributed by atoms with E-state index >= 15 is 0 Å². The van der Waals surface area contributed by atoms with Gasteiger partial charge in [0.15, 0.2) is 17.0 Å². The van der Waals surface area contributed by atoms with Crippen molar-refractivity contribution in [3.8, 4) is 0 Å².